The zero-order chi connectivity index (χ0) is 19.5. The lowest BCUT2D eigenvalue weighted by molar-refractivity contribution is -0.384. The van der Waals surface area contributed by atoms with Crippen LogP contribution in [0.25, 0.3) is 10.9 Å². The number of phosphoric acid groups is 1. The molecule has 2 heterocycles. The van der Waals surface area contributed by atoms with Crippen molar-refractivity contribution in [3.8, 4) is 0 Å². The van der Waals surface area contributed by atoms with E-state index in [4.69, 9.17) is 19.2 Å². The summed E-state index contributed by atoms with van der Waals surface area (Å²) in [6.07, 6.45) is 4.27. The van der Waals surface area contributed by atoms with E-state index in [1.165, 1.54) is 5.56 Å². The highest BCUT2D eigenvalue weighted by molar-refractivity contribution is 7.45. The van der Waals surface area contributed by atoms with Gasteiger partial charge in [-0.15, -0.1) is 0 Å². The number of nitrogens with zero attached hydrogens (tertiary/aromatic N) is 2. The molecule has 0 bridgehead atoms. The van der Waals surface area contributed by atoms with Crippen molar-refractivity contribution in [3.05, 3.63) is 40.1 Å². The number of nitrogens with one attached hydrogen (secondary N) is 1. The Morgan fingerprint density at radius 3 is 2.35 bits per heavy atom. The number of rotatable bonds is 3. The SMILES string of the molecule is CC(C)N1CCC(c2c[nH]c3ccc([N+](=O)[O-])cc23)CC1.O=P(O)(O)O. The van der Waals surface area contributed by atoms with Crippen molar-refractivity contribution in [3.63, 3.8) is 0 Å². The third kappa shape index (κ3) is 5.62. The second-order valence-corrected chi connectivity index (χ2v) is 7.67. The van der Waals surface area contributed by atoms with Gasteiger partial charge in [0, 0.05) is 35.3 Å². The highest BCUT2D eigenvalue weighted by atomic mass is 31.2. The summed E-state index contributed by atoms with van der Waals surface area (Å²) in [5.41, 5.74) is 2.39. The minimum absolute atomic E-state index is 0.169. The van der Waals surface area contributed by atoms with Crippen LogP contribution in [0.4, 0.5) is 5.69 Å². The predicted octanol–water partition coefficient (Wildman–Crippen LogP) is 2.74. The predicted molar refractivity (Wildman–Crippen MR) is 97.9 cm³/mol. The van der Waals surface area contributed by atoms with Crippen molar-refractivity contribution in [1.29, 1.82) is 0 Å². The van der Waals surface area contributed by atoms with E-state index in [0.717, 1.165) is 36.8 Å². The number of fused-ring (bicyclic) bond motifs is 1. The Hall–Kier alpha value is -1.77. The maximum absolute atomic E-state index is 11.0. The van der Waals surface area contributed by atoms with Gasteiger partial charge in [0.2, 0.25) is 0 Å². The van der Waals surface area contributed by atoms with Crippen LogP contribution in [0.5, 0.6) is 0 Å². The van der Waals surface area contributed by atoms with Gasteiger partial charge in [-0.25, -0.2) is 4.57 Å². The molecule has 0 radical (unpaired) electrons. The van der Waals surface area contributed by atoms with Gasteiger partial charge in [0.05, 0.1) is 4.92 Å². The van der Waals surface area contributed by atoms with Crippen molar-refractivity contribution in [1.82, 2.24) is 9.88 Å². The Kier molecular flexibility index (Phi) is 6.54. The lowest BCUT2D eigenvalue weighted by Crippen LogP contribution is -2.37. The topological polar surface area (TPSA) is 140 Å². The van der Waals surface area contributed by atoms with E-state index >= 15 is 0 Å². The van der Waals surface area contributed by atoms with Gasteiger partial charge in [-0.3, -0.25) is 10.1 Å². The summed E-state index contributed by atoms with van der Waals surface area (Å²) in [4.78, 5) is 37.9. The van der Waals surface area contributed by atoms with Gasteiger partial charge < -0.3 is 24.6 Å². The molecule has 1 aliphatic heterocycles. The quantitative estimate of drug-likeness (QED) is 0.362. The molecular formula is C16H24N3O6P. The maximum Gasteiger partial charge on any atom is 0.466 e. The van der Waals surface area contributed by atoms with Crippen molar-refractivity contribution in [2.24, 2.45) is 0 Å². The van der Waals surface area contributed by atoms with Gasteiger partial charge in [0.25, 0.3) is 5.69 Å². The fraction of sp³-hybridized carbons (Fsp3) is 0.500. The zero-order valence-electron chi connectivity index (χ0n) is 14.7. The van der Waals surface area contributed by atoms with Gasteiger partial charge in [0.1, 0.15) is 0 Å². The van der Waals surface area contributed by atoms with Crippen molar-refractivity contribution in [2.45, 2.75) is 38.6 Å². The van der Waals surface area contributed by atoms with E-state index in [-0.39, 0.29) is 10.6 Å². The van der Waals surface area contributed by atoms with Crippen LogP contribution >= 0.6 is 7.82 Å². The molecule has 0 aliphatic carbocycles. The average Bonchev–Trinajstić information content (AvgIpc) is 2.96. The van der Waals surface area contributed by atoms with E-state index < -0.39 is 7.82 Å². The van der Waals surface area contributed by atoms with Gasteiger partial charge in [-0.1, -0.05) is 0 Å². The Morgan fingerprint density at radius 1 is 1.27 bits per heavy atom. The van der Waals surface area contributed by atoms with Crippen molar-refractivity contribution in [2.75, 3.05) is 13.1 Å². The fourth-order valence-corrected chi connectivity index (χ4v) is 3.31. The molecule has 2 aromatic rings. The van der Waals surface area contributed by atoms with Crippen molar-refractivity contribution >= 4 is 24.4 Å². The first kappa shape index (κ1) is 20.5. The summed E-state index contributed by atoms with van der Waals surface area (Å²) in [6.45, 7) is 6.67. The fourth-order valence-electron chi connectivity index (χ4n) is 3.31. The Labute approximate surface area is 151 Å². The number of H-pyrrole nitrogens is 1. The molecule has 1 aromatic carbocycles. The Balaban J connectivity index is 0.000000431. The monoisotopic (exact) mass is 385 g/mol. The molecular weight excluding hydrogens is 361 g/mol. The summed E-state index contributed by atoms with van der Waals surface area (Å²) in [5, 5.41) is 12.0. The maximum atomic E-state index is 11.0. The summed E-state index contributed by atoms with van der Waals surface area (Å²) in [7, 11) is -4.64. The standard InChI is InChI=1S/C16H21N3O2.H3O4P/c1-11(2)18-7-5-12(6-8-18)15-10-17-16-4-3-13(19(20)21)9-14(15)16;1-5(2,3)4/h3-4,9-12,17H,5-8H2,1-2H3;(H3,1,2,3,4). The van der Waals surface area contributed by atoms with E-state index in [1.54, 1.807) is 18.2 Å². The highest BCUT2D eigenvalue weighted by Gasteiger charge is 2.24. The molecule has 0 atom stereocenters. The second kappa shape index (κ2) is 8.28. The summed E-state index contributed by atoms with van der Waals surface area (Å²) < 4.78 is 8.88. The molecule has 1 aliphatic rings. The van der Waals surface area contributed by atoms with Crippen LogP contribution in [0, 0.1) is 10.1 Å². The normalized spacial score (nSPS) is 16.5. The number of benzene rings is 1. The van der Waals surface area contributed by atoms with E-state index in [0.29, 0.717) is 12.0 Å². The molecule has 4 N–H and O–H groups in total. The highest BCUT2D eigenvalue weighted by Crippen LogP contribution is 2.35. The van der Waals surface area contributed by atoms with Gasteiger partial charge in [-0.05, 0) is 57.3 Å². The number of hydrogen-bond acceptors (Lipinski definition) is 4. The Bertz CT molecular complexity index is 799. The molecule has 26 heavy (non-hydrogen) atoms. The molecule has 144 valence electrons. The van der Waals surface area contributed by atoms with Crippen LogP contribution in [0.1, 0.15) is 38.2 Å². The number of likely N-dealkylation sites (tertiary alicyclic amines) is 1. The van der Waals surface area contributed by atoms with Crippen LogP contribution in [0.2, 0.25) is 0 Å². The van der Waals surface area contributed by atoms with Crippen LogP contribution in [-0.4, -0.2) is 48.6 Å². The molecule has 1 aromatic heterocycles. The molecule has 1 saturated heterocycles. The van der Waals surface area contributed by atoms with Crippen LogP contribution < -0.4 is 0 Å². The lowest BCUT2D eigenvalue weighted by Gasteiger charge is -2.34. The molecule has 1 fully saturated rings. The molecule has 10 heteroatoms. The van der Waals surface area contributed by atoms with Gasteiger partial charge in [0.15, 0.2) is 0 Å². The number of piperidine rings is 1. The minimum atomic E-state index is -4.64. The van der Waals surface area contributed by atoms with E-state index in [1.807, 2.05) is 6.20 Å². The first-order valence-electron chi connectivity index (χ1n) is 8.34. The lowest BCUT2D eigenvalue weighted by atomic mass is 9.88. The molecule has 0 unspecified atom stereocenters. The number of aromatic nitrogens is 1. The summed E-state index contributed by atoms with van der Waals surface area (Å²) >= 11 is 0. The van der Waals surface area contributed by atoms with E-state index in [9.17, 15) is 10.1 Å². The van der Waals surface area contributed by atoms with Crippen LogP contribution in [-0.2, 0) is 4.57 Å². The number of aromatic amines is 1. The second-order valence-electron chi connectivity index (χ2n) is 6.65. The first-order chi connectivity index (χ1) is 12.1. The molecule has 0 spiro atoms. The summed E-state index contributed by atoms with van der Waals surface area (Å²) in [5.74, 6) is 0.496. The number of nitro groups is 1. The molecule has 0 saturated carbocycles. The third-order valence-corrected chi connectivity index (χ3v) is 4.61. The third-order valence-electron chi connectivity index (χ3n) is 4.61. The largest absolute Gasteiger partial charge is 0.466 e. The zero-order valence-corrected chi connectivity index (χ0v) is 15.6. The molecule has 9 nitrogen and oxygen atoms in total. The molecule has 0 amide bonds. The van der Waals surface area contributed by atoms with Crippen LogP contribution in [0.3, 0.4) is 0 Å². The number of hydrogen-bond donors (Lipinski definition) is 4. The van der Waals surface area contributed by atoms with E-state index in [2.05, 4.69) is 23.7 Å². The summed E-state index contributed by atoms with van der Waals surface area (Å²) in [6, 6.07) is 5.66. The Morgan fingerprint density at radius 2 is 1.85 bits per heavy atom. The van der Waals surface area contributed by atoms with Gasteiger partial charge >= 0.3 is 7.82 Å². The van der Waals surface area contributed by atoms with Crippen molar-refractivity contribution < 1.29 is 24.2 Å². The smallest absolute Gasteiger partial charge is 0.361 e. The van der Waals surface area contributed by atoms with Crippen LogP contribution in [0.15, 0.2) is 24.4 Å². The minimum Gasteiger partial charge on any atom is -0.361 e. The van der Waals surface area contributed by atoms with Gasteiger partial charge in [-0.2, -0.15) is 0 Å². The number of non-ortho nitro benzene ring substituents is 1. The number of nitro benzene ring substituents is 1. The first-order valence-corrected chi connectivity index (χ1v) is 9.90. The molecule has 3 rings (SSSR count). The average molecular weight is 385 g/mol.